The highest BCUT2D eigenvalue weighted by atomic mass is 35.5. The molecule has 1 aliphatic heterocycles. The molecule has 2 rings (SSSR count). The van der Waals surface area contributed by atoms with Gasteiger partial charge in [-0.25, -0.2) is 9.98 Å². The minimum Gasteiger partial charge on any atom is -0.261 e. The highest BCUT2D eigenvalue weighted by Gasteiger charge is 2.11. The number of alkyl halides is 1. The Balaban J connectivity index is 2.25. The van der Waals surface area contributed by atoms with Gasteiger partial charge in [0.1, 0.15) is 5.69 Å². The Hall–Kier alpha value is -1.29. The average Bonchev–Trinajstić information content (AvgIpc) is 2.67. The van der Waals surface area contributed by atoms with Gasteiger partial charge in [-0.2, -0.15) is 0 Å². The first-order valence-electron chi connectivity index (χ1n) is 3.83. The molecule has 0 spiro atoms. The van der Waals surface area contributed by atoms with E-state index >= 15 is 0 Å². The SMILES string of the molecule is ClCC1=NC(c2cnccn2)=NC1. The molecule has 0 fully saturated rings. The van der Waals surface area contributed by atoms with Crippen molar-refractivity contribution in [3.8, 4) is 0 Å². The Morgan fingerprint density at radius 2 is 2.31 bits per heavy atom. The normalized spacial score (nSPS) is 15.5. The van der Waals surface area contributed by atoms with Crippen LogP contribution in [0, 0.1) is 0 Å². The van der Waals surface area contributed by atoms with Crippen LogP contribution in [0.1, 0.15) is 5.69 Å². The first-order chi connectivity index (χ1) is 6.40. The zero-order valence-electron chi connectivity index (χ0n) is 6.81. The van der Waals surface area contributed by atoms with E-state index in [1.807, 2.05) is 0 Å². The van der Waals surface area contributed by atoms with Gasteiger partial charge in [-0.15, -0.1) is 11.6 Å². The zero-order valence-corrected chi connectivity index (χ0v) is 7.57. The summed E-state index contributed by atoms with van der Waals surface area (Å²) in [5, 5.41) is 0. The van der Waals surface area contributed by atoms with Gasteiger partial charge in [-0.05, 0) is 0 Å². The van der Waals surface area contributed by atoms with Gasteiger partial charge in [0.25, 0.3) is 0 Å². The topological polar surface area (TPSA) is 50.5 Å². The van der Waals surface area contributed by atoms with Crippen molar-refractivity contribution >= 4 is 23.1 Å². The monoisotopic (exact) mass is 194 g/mol. The maximum atomic E-state index is 5.62. The lowest BCUT2D eigenvalue weighted by Crippen LogP contribution is -2.01. The fraction of sp³-hybridized carbons (Fsp3) is 0.250. The van der Waals surface area contributed by atoms with E-state index in [1.165, 1.54) is 0 Å². The third-order valence-electron chi connectivity index (χ3n) is 1.62. The van der Waals surface area contributed by atoms with Crippen molar-refractivity contribution in [3.63, 3.8) is 0 Å². The fourth-order valence-electron chi connectivity index (χ4n) is 1.01. The molecule has 0 saturated heterocycles. The number of amidine groups is 1. The minimum atomic E-state index is 0.424. The lowest BCUT2D eigenvalue weighted by atomic mass is 10.4. The van der Waals surface area contributed by atoms with Crippen molar-refractivity contribution in [3.05, 3.63) is 24.3 Å². The van der Waals surface area contributed by atoms with Crippen molar-refractivity contribution in [2.24, 2.45) is 9.98 Å². The predicted octanol–water partition coefficient (Wildman–Crippen LogP) is 0.917. The molecular formula is C8H7ClN4. The van der Waals surface area contributed by atoms with Crippen molar-refractivity contribution < 1.29 is 0 Å². The van der Waals surface area contributed by atoms with Crippen LogP contribution in [0.2, 0.25) is 0 Å². The summed E-state index contributed by atoms with van der Waals surface area (Å²) in [5.41, 5.74) is 1.57. The van der Waals surface area contributed by atoms with E-state index in [-0.39, 0.29) is 0 Å². The number of halogens is 1. The van der Waals surface area contributed by atoms with Gasteiger partial charge in [0.2, 0.25) is 0 Å². The van der Waals surface area contributed by atoms with Gasteiger partial charge in [0.15, 0.2) is 5.84 Å². The second-order valence-electron chi connectivity index (χ2n) is 2.54. The van der Waals surface area contributed by atoms with Crippen molar-refractivity contribution in [2.75, 3.05) is 12.4 Å². The molecule has 0 radical (unpaired) electrons. The second kappa shape index (κ2) is 3.62. The molecule has 0 aliphatic carbocycles. The lowest BCUT2D eigenvalue weighted by Gasteiger charge is -1.92. The molecule has 0 atom stereocenters. The van der Waals surface area contributed by atoms with Gasteiger partial charge in [-0.3, -0.25) is 9.98 Å². The number of rotatable bonds is 2. The van der Waals surface area contributed by atoms with Crippen LogP contribution in [0.3, 0.4) is 0 Å². The largest absolute Gasteiger partial charge is 0.261 e. The Kier molecular flexibility index (Phi) is 2.31. The van der Waals surface area contributed by atoms with E-state index in [2.05, 4.69) is 20.0 Å². The Morgan fingerprint density at radius 3 is 2.92 bits per heavy atom. The molecule has 0 amide bonds. The summed E-state index contributed by atoms with van der Waals surface area (Å²) in [6, 6.07) is 0. The molecule has 1 aliphatic rings. The van der Waals surface area contributed by atoms with Crippen LogP contribution in [0.4, 0.5) is 0 Å². The van der Waals surface area contributed by atoms with Gasteiger partial charge in [0.05, 0.1) is 24.3 Å². The van der Waals surface area contributed by atoms with Crippen molar-refractivity contribution in [1.82, 2.24) is 9.97 Å². The summed E-state index contributed by atoms with van der Waals surface area (Å²) < 4.78 is 0. The molecule has 2 heterocycles. The van der Waals surface area contributed by atoms with Crippen molar-refractivity contribution in [1.29, 1.82) is 0 Å². The third-order valence-corrected chi connectivity index (χ3v) is 1.93. The van der Waals surface area contributed by atoms with Crippen LogP contribution in [-0.4, -0.2) is 33.9 Å². The molecule has 0 N–H and O–H groups in total. The fourth-order valence-corrected chi connectivity index (χ4v) is 1.16. The average molecular weight is 195 g/mol. The highest BCUT2D eigenvalue weighted by molar-refractivity contribution is 6.31. The highest BCUT2D eigenvalue weighted by Crippen LogP contribution is 2.04. The maximum absolute atomic E-state index is 5.62. The Bertz CT molecular complexity index is 358. The van der Waals surface area contributed by atoms with E-state index in [0.29, 0.717) is 24.0 Å². The molecule has 0 saturated carbocycles. The number of hydrogen-bond donors (Lipinski definition) is 0. The van der Waals surface area contributed by atoms with Crippen LogP contribution in [0.25, 0.3) is 0 Å². The summed E-state index contributed by atoms with van der Waals surface area (Å²) in [7, 11) is 0. The number of nitrogens with zero attached hydrogens (tertiary/aromatic N) is 4. The van der Waals surface area contributed by atoms with Gasteiger partial charge in [0, 0.05) is 12.4 Å². The molecule has 0 bridgehead atoms. The molecule has 13 heavy (non-hydrogen) atoms. The van der Waals surface area contributed by atoms with E-state index < -0.39 is 0 Å². The zero-order chi connectivity index (χ0) is 9.10. The number of aliphatic imine (C=N–C) groups is 2. The molecular weight excluding hydrogens is 188 g/mol. The van der Waals surface area contributed by atoms with E-state index in [9.17, 15) is 0 Å². The van der Waals surface area contributed by atoms with E-state index in [0.717, 1.165) is 5.71 Å². The first kappa shape index (κ1) is 8.31. The molecule has 1 aromatic heterocycles. The van der Waals surface area contributed by atoms with Gasteiger partial charge >= 0.3 is 0 Å². The summed E-state index contributed by atoms with van der Waals surface area (Å²) in [6.07, 6.45) is 4.87. The predicted molar refractivity (Wildman–Crippen MR) is 51.6 cm³/mol. The van der Waals surface area contributed by atoms with Gasteiger partial charge in [-0.1, -0.05) is 0 Å². The van der Waals surface area contributed by atoms with Crippen LogP contribution >= 0.6 is 11.6 Å². The van der Waals surface area contributed by atoms with E-state index in [1.54, 1.807) is 18.6 Å². The third kappa shape index (κ3) is 1.72. The minimum absolute atomic E-state index is 0.424. The smallest absolute Gasteiger partial charge is 0.175 e. The summed E-state index contributed by atoms with van der Waals surface area (Å²) in [5.74, 6) is 1.05. The molecule has 1 aromatic rings. The van der Waals surface area contributed by atoms with Crippen LogP contribution in [-0.2, 0) is 0 Å². The number of aromatic nitrogens is 2. The van der Waals surface area contributed by atoms with E-state index in [4.69, 9.17) is 11.6 Å². The second-order valence-corrected chi connectivity index (χ2v) is 2.81. The molecule has 5 heteroatoms. The maximum Gasteiger partial charge on any atom is 0.175 e. The summed E-state index contributed by atoms with van der Waals surface area (Å²) >= 11 is 5.62. The van der Waals surface area contributed by atoms with Crippen LogP contribution in [0.15, 0.2) is 28.6 Å². The quantitative estimate of drug-likeness (QED) is 0.658. The Morgan fingerprint density at radius 1 is 1.38 bits per heavy atom. The first-order valence-corrected chi connectivity index (χ1v) is 4.37. The summed E-state index contributed by atoms with van der Waals surface area (Å²) in [6.45, 7) is 0.579. The molecule has 66 valence electrons. The summed E-state index contributed by atoms with van der Waals surface area (Å²) in [4.78, 5) is 16.4. The molecule has 4 nitrogen and oxygen atoms in total. The Labute approximate surface area is 80.4 Å². The van der Waals surface area contributed by atoms with Crippen LogP contribution in [0.5, 0.6) is 0 Å². The van der Waals surface area contributed by atoms with Crippen molar-refractivity contribution in [2.45, 2.75) is 0 Å². The van der Waals surface area contributed by atoms with Crippen LogP contribution < -0.4 is 0 Å². The van der Waals surface area contributed by atoms with Gasteiger partial charge < -0.3 is 0 Å². The molecule has 0 aromatic carbocycles. The standard InChI is InChI=1S/C8H7ClN4/c9-3-6-4-12-8(13-6)7-5-10-1-2-11-7/h1-2,5H,3-4H2. The molecule has 0 unspecified atom stereocenters. The lowest BCUT2D eigenvalue weighted by molar-refractivity contribution is 1.17. The number of hydrogen-bond acceptors (Lipinski definition) is 4.